The highest BCUT2D eigenvalue weighted by Gasteiger charge is 2.06. The van der Waals surface area contributed by atoms with E-state index in [1.54, 1.807) is 0 Å². The molecule has 1 aromatic rings. The zero-order valence-corrected chi connectivity index (χ0v) is 9.74. The number of aryl methyl sites for hydroxylation is 1. The number of hydrogen-bond donors (Lipinski definition) is 0. The lowest BCUT2D eigenvalue weighted by molar-refractivity contribution is 0.704. The van der Waals surface area contributed by atoms with Crippen molar-refractivity contribution in [2.24, 2.45) is 0 Å². The van der Waals surface area contributed by atoms with Crippen LogP contribution in [-0.4, -0.2) is 0 Å². The van der Waals surface area contributed by atoms with Crippen LogP contribution in [-0.2, 0) is 0 Å². The van der Waals surface area contributed by atoms with E-state index in [4.69, 9.17) is 0 Å². The van der Waals surface area contributed by atoms with Gasteiger partial charge in [0.1, 0.15) is 0 Å². The van der Waals surface area contributed by atoms with E-state index >= 15 is 0 Å². The van der Waals surface area contributed by atoms with Crippen molar-refractivity contribution in [3.05, 3.63) is 35.4 Å². The van der Waals surface area contributed by atoms with Crippen LogP contribution in [0.3, 0.4) is 0 Å². The van der Waals surface area contributed by atoms with Crippen LogP contribution in [0.2, 0.25) is 0 Å². The van der Waals surface area contributed by atoms with Gasteiger partial charge in [-0.2, -0.15) is 0 Å². The molecule has 0 saturated heterocycles. The molecule has 0 aliphatic carbocycles. The van der Waals surface area contributed by atoms with Gasteiger partial charge >= 0.3 is 0 Å². The predicted molar refractivity (Wildman–Crippen MR) is 63.2 cm³/mol. The Kier molecular flexibility index (Phi) is 4.45. The van der Waals surface area contributed by atoms with Gasteiger partial charge < -0.3 is 0 Å². The molecule has 0 N–H and O–H groups in total. The summed E-state index contributed by atoms with van der Waals surface area (Å²) in [6.45, 7) is 4.44. The van der Waals surface area contributed by atoms with Crippen molar-refractivity contribution in [2.45, 2.75) is 38.8 Å². The smallest absolute Gasteiger partial charge is 0.00120 e. The maximum Gasteiger partial charge on any atom is -0.00120 e. The summed E-state index contributed by atoms with van der Waals surface area (Å²) >= 11 is 0. The average Bonchev–Trinajstić information content (AvgIpc) is 2.15. The standard InChI is InChI=1S/C12H19P/c1-3-4-9-12(13)11-8-6-5-7-10(11)2/h5-8,12H,3-4,9,13H2,1-2H3. The van der Waals surface area contributed by atoms with Crippen LogP contribution in [0.5, 0.6) is 0 Å². The zero-order chi connectivity index (χ0) is 9.68. The second-order valence-electron chi connectivity index (χ2n) is 3.61. The molecule has 0 spiro atoms. The normalized spacial score (nSPS) is 12.8. The molecule has 1 heteroatoms. The van der Waals surface area contributed by atoms with Gasteiger partial charge in [-0.15, -0.1) is 9.24 Å². The van der Waals surface area contributed by atoms with Gasteiger partial charge in [-0.05, 0) is 30.1 Å². The Labute approximate surface area is 84.0 Å². The minimum absolute atomic E-state index is 0.640. The zero-order valence-electron chi connectivity index (χ0n) is 8.59. The Bertz CT molecular complexity index is 255. The van der Waals surface area contributed by atoms with E-state index in [-0.39, 0.29) is 0 Å². The second kappa shape index (κ2) is 5.40. The molecule has 0 aliphatic heterocycles. The molecule has 0 fully saturated rings. The fraction of sp³-hybridized carbons (Fsp3) is 0.500. The third-order valence-corrected chi connectivity index (χ3v) is 3.15. The van der Waals surface area contributed by atoms with Gasteiger partial charge in [-0.1, -0.05) is 44.0 Å². The Morgan fingerprint density at radius 3 is 2.62 bits per heavy atom. The molecule has 0 aliphatic rings. The molecule has 0 amide bonds. The van der Waals surface area contributed by atoms with E-state index < -0.39 is 0 Å². The van der Waals surface area contributed by atoms with Crippen molar-refractivity contribution < 1.29 is 0 Å². The third kappa shape index (κ3) is 3.12. The molecule has 0 aromatic heterocycles. The van der Waals surface area contributed by atoms with Gasteiger partial charge in [0.05, 0.1) is 0 Å². The number of rotatable bonds is 4. The molecule has 72 valence electrons. The maximum atomic E-state index is 2.96. The van der Waals surface area contributed by atoms with Crippen LogP contribution in [0.4, 0.5) is 0 Å². The summed E-state index contributed by atoms with van der Waals surface area (Å²) in [6, 6.07) is 8.67. The lowest BCUT2D eigenvalue weighted by Crippen LogP contribution is -1.92. The summed E-state index contributed by atoms with van der Waals surface area (Å²) in [6.07, 6.45) is 3.89. The van der Waals surface area contributed by atoms with E-state index in [0.29, 0.717) is 5.66 Å². The minimum atomic E-state index is 0.640. The van der Waals surface area contributed by atoms with Crippen LogP contribution in [0, 0.1) is 6.92 Å². The van der Waals surface area contributed by atoms with Crippen molar-refractivity contribution in [1.82, 2.24) is 0 Å². The highest BCUT2D eigenvalue weighted by atomic mass is 31.0. The largest absolute Gasteiger partial charge is 0.130 e. The van der Waals surface area contributed by atoms with Crippen LogP contribution in [0.15, 0.2) is 24.3 Å². The summed E-state index contributed by atoms with van der Waals surface area (Å²) in [7, 11) is 2.96. The quantitative estimate of drug-likeness (QED) is 0.633. The van der Waals surface area contributed by atoms with Gasteiger partial charge in [-0.3, -0.25) is 0 Å². The molecular formula is C12H19P. The second-order valence-corrected chi connectivity index (χ2v) is 4.41. The minimum Gasteiger partial charge on any atom is -0.130 e. The summed E-state index contributed by atoms with van der Waals surface area (Å²) in [5, 5.41) is 0. The van der Waals surface area contributed by atoms with Crippen molar-refractivity contribution in [2.75, 3.05) is 0 Å². The fourth-order valence-electron chi connectivity index (χ4n) is 1.58. The number of benzene rings is 1. The maximum absolute atomic E-state index is 2.96. The lowest BCUT2D eigenvalue weighted by atomic mass is 10.0. The van der Waals surface area contributed by atoms with Crippen molar-refractivity contribution in [3.8, 4) is 0 Å². The van der Waals surface area contributed by atoms with E-state index in [1.807, 2.05) is 0 Å². The van der Waals surface area contributed by atoms with E-state index in [1.165, 1.54) is 30.4 Å². The summed E-state index contributed by atoms with van der Waals surface area (Å²) in [4.78, 5) is 0. The lowest BCUT2D eigenvalue weighted by Gasteiger charge is -2.13. The summed E-state index contributed by atoms with van der Waals surface area (Å²) in [5.41, 5.74) is 3.54. The van der Waals surface area contributed by atoms with Gasteiger partial charge in [-0.25, -0.2) is 0 Å². The molecule has 0 radical (unpaired) electrons. The molecule has 1 aromatic carbocycles. The number of unbranched alkanes of at least 4 members (excludes halogenated alkanes) is 1. The van der Waals surface area contributed by atoms with Crippen molar-refractivity contribution >= 4 is 9.24 Å². The van der Waals surface area contributed by atoms with Crippen LogP contribution in [0.1, 0.15) is 43.0 Å². The van der Waals surface area contributed by atoms with Crippen molar-refractivity contribution in [3.63, 3.8) is 0 Å². The first-order valence-corrected chi connectivity index (χ1v) is 5.73. The molecule has 2 unspecified atom stereocenters. The Morgan fingerprint density at radius 1 is 1.31 bits per heavy atom. The molecular weight excluding hydrogens is 175 g/mol. The average molecular weight is 194 g/mol. The predicted octanol–water partition coefficient (Wildman–Crippen LogP) is 4.10. The van der Waals surface area contributed by atoms with Crippen LogP contribution >= 0.6 is 9.24 Å². The van der Waals surface area contributed by atoms with Crippen LogP contribution < -0.4 is 0 Å². The van der Waals surface area contributed by atoms with E-state index in [9.17, 15) is 0 Å². The van der Waals surface area contributed by atoms with Gasteiger partial charge in [0.25, 0.3) is 0 Å². The topological polar surface area (TPSA) is 0 Å². The first kappa shape index (κ1) is 10.7. The molecule has 13 heavy (non-hydrogen) atoms. The Balaban J connectivity index is 2.65. The molecule has 1 rings (SSSR count). The number of hydrogen-bond acceptors (Lipinski definition) is 0. The third-order valence-electron chi connectivity index (χ3n) is 2.46. The summed E-state index contributed by atoms with van der Waals surface area (Å²) in [5.74, 6) is 0. The first-order valence-electron chi connectivity index (χ1n) is 5.06. The first-order chi connectivity index (χ1) is 6.25. The molecule has 0 nitrogen and oxygen atoms in total. The molecule has 2 atom stereocenters. The highest BCUT2D eigenvalue weighted by molar-refractivity contribution is 7.17. The SMILES string of the molecule is CCCCC(P)c1ccccc1C. The van der Waals surface area contributed by atoms with Gasteiger partial charge in [0, 0.05) is 0 Å². The van der Waals surface area contributed by atoms with Gasteiger partial charge in [0.2, 0.25) is 0 Å². The highest BCUT2D eigenvalue weighted by Crippen LogP contribution is 2.30. The van der Waals surface area contributed by atoms with Crippen LogP contribution in [0.25, 0.3) is 0 Å². The van der Waals surface area contributed by atoms with Gasteiger partial charge in [0.15, 0.2) is 0 Å². The monoisotopic (exact) mass is 194 g/mol. The molecule has 0 heterocycles. The molecule has 0 bridgehead atoms. The fourth-order valence-corrected chi connectivity index (χ4v) is 2.19. The van der Waals surface area contributed by atoms with Crippen molar-refractivity contribution in [1.29, 1.82) is 0 Å². The van der Waals surface area contributed by atoms with E-state index in [2.05, 4.69) is 47.4 Å². The summed E-state index contributed by atoms with van der Waals surface area (Å²) < 4.78 is 0. The Hall–Kier alpha value is -0.350. The molecule has 0 saturated carbocycles. The Morgan fingerprint density at radius 2 is 2.00 bits per heavy atom. The van der Waals surface area contributed by atoms with E-state index in [0.717, 1.165) is 0 Å².